The minimum absolute atomic E-state index is 0.199. The summed E-state index contributed by atoms with van der Waals surface area (Å²) in [6.45, 7) is 2.27. The van der Waals surface area contributed by atoms with E-state index in [2.05, 4.69) is 15.6 Å². The molecule has 6 heteroatoms. The summed E-state index contributed by atoms with van der Waals surface area (Å²) in [4.78, 5) is 15.8. The van der Waals surface area contributed by atoms with E-state index in [1.165, 1.54) is 0 Å². The zero-order valence-electron chi connectivity index (χ0n) is 10.0. The predicted octanol–water partition coefficient (Wildman–Crippen LogP) is 0.622. The maximum Gasteiger partial charge on any atom is 0.255 e. The number of aromatic nitrogens is 1. The smallest absolute Gasteiger partial charge is 0.255 e. The summed E-state index contributed by atoms with van der Waals surface area (Å²) in [6.07, 6.45) is 1.62. The Morgan fingerprint density at radius 2 is 2.29 bits per heavy atom. The van der Waals surface area contributed by atoms with Crippen molar-refractivity contribution >= 4 is 22.5 Å². The summed E-state index contributed by atoms with van der Waals surface area (Å²) in [5.41, 5.74) is 0.497. The largest absolute Gasteiger partial charge is 0.372 e. The molecule has 1 aromatic heterocycles. The molecule has 0 aliphatic rings. The number of anilines is 1. The Kier molecular flexibility index (Phi) is 5.62. The molecule has 0 saturated carbocycles. The highest BCUT2D eigenvalue weighted by atomic mass is 32.2. The molecule has 0 aliphatic heterocycles. The van der Waals surface area contributed by atoms with E-state index < -0.39 is 10.8 Å². The fourth-order valence-electron chi connectivity index (χ4n) is 1.31. The molecule has 0 aliphatic carbocycles. The third-order valence-electron chi connectivity index (χ3n) is 2.23. The molecule has 0 aromatic carbocycles. The maximum atomic E-state index is 11.8. The van der Waals surface area contributed by atoms with E-state index in [1.54, 1.807) is 25.4 Å². The lowest BCUT2D eigenvalue weighted by molar-refractivity contribution is 0.0956. The van der Waals surface area contributed by atoms with Crippen LogP contribution in [0.5, 0.6) is 0 Å². The molecule has 1 unspecified atom stereocenters. The first kappa shape index (κ1) is 13.6. The fraction of sp³-hybridized carbons (Fsp3) is 0.455. The molecular formula is C11H17N3O2S. The third kappa shape index (κ3) is 4.14. The van der Waals surface area contributed by atoms with E-state index >= 15 is 0 Å². The number of pyridine rings is 1. The van der Waals surface area contributed by atoms with Crippen LogP contribution in [0.15, 0.2) is 18.3 Å². The number of carbonyl (C=O) groups is 1. The number of carbonyl (C=O) groups excluding carboxylic acids is 1. The standard InChI is InChI=1S/C11H17N3O2S/c1-3-17(16)8-7-14-11(15)9-5-4-6-13-10(9)12-2/h4-6H,3,7-8H2,1-2H3,(H,12,13)(H,14,15). The van der Waals surface area contributed by atoms with E-state index in [1.807, 2.05) is 6.92 Å². The van der Waals surface area contributed by atoms with E-state index in [0.717, 1.165) is 0 Å². The molecule has 2 N–H and O–H groups in total. The number of amides is 1. The van der Waals surface area contributed by atoms with Crippen LogP contribution in [-0.2, 0) is 10.8 Å². The van der Waals surface area contributed by atoms with Gasteiger partial charge in [0.25, 0.3) is 5.91 Å². The second-order valence-corrected chi connectivity index (χ2v) is 5.20. The van der Waals surface area contributed by atoms with Gasteiger partial charge in [0.2, 0.25) is 0 Å². The van der Waals surface area contributed by atoms with Crippen LogP contribution in [-0.4, -0.2) is 40.2 Å². The van der Waals surface area contributed by atoms with Gasteiger partial charge in [-0.25, -0.2) is 4.98 Å². The van der Waals surface area contributed by atoms with Gasteiger partial charge in [0.05, 0.1) is 5.56 Å². The molecule has 0 saturated heterocycles. The molecule has 1 aromatic rings. The summed E-state index contributed by atoms with van der Waals surface area (Å²) < 4.78 is 11.2. The van der Waals surface area contributed by atoms with E-state index in [9.17, 15) is 9.00 Å². The average Bonchev–Trinajstić information content (AvgIpc) is 2.38. The number of nitrogens with one attached hydrogen (secondary N) is 2. The molecular weight excluding hydrogens is 238 g/mol. The predicted molar refractivity (Wildman–Crippen MR) is 69.7 cm³/mol. The molecule has 1 amide bonds. The number of nitrogens with zero attached hydrogens (tertiary/aromatic N) is 1. The van der Waals surface area contributed by atoms with Crippen molar-refractivity contribution < 1.29 is 9.00 Å². The Balaban J connectivity index is 2.55. The van der Waals surface area contributed by atoms with E-state index in [-0.39, 0.29) is 5.91 Å². The second-order valence-electron chi connectivity index (χ2n) is 3.34. The molecule has 5 nitrogen and oxygen atoms in total. The summed E-state index contributed by atoms with van der Waals surface area (Å²) in [5.74, 6) is 1.44. The van der Waals surface area contributed by atoms with Gasteiger partial charge in [-0.3, -0.25) is 9.00 Å². The van der Waals surface area contributed by atoms with Gasteiger partial charge in [0.15, 0.2) is 0 Å². The van der Waals surface area contributed by atoms with Crippen LogP contribution in [0, 0.1) is 0 Å². The molecule has 0 spiro atoms. The summed E-state index contributed by atoms with van der Waals surface area (Å²) in [7, 11) is 0.861. The topological polar surface area (TPSA) is 71.1 Å². The van der Waals surface area contributed by atoms with Crippen molar-refractivity contribution in [3.63, 3.8) is 0 Å². The molecule has 94 valence electrons. The molecule has 1 rings (SSSR count). The van der Waals surface area contributed by atoms with E-state index in [4.69, 9.17) is 0 Å². The highest BCUT2D eigenvalue weighted by Crippen LogP contribution is 2.09. The van der Waals surface area contributed by atoms with Crippen LogP contribution in [0.25, 0.3) is 0 Å². The zero-order chi connectivity index (χ0) is 12.7. The number of hydrogen-bond donors (Lipinski definition) is 2. The van der Waals surface area contributed by atoms with Gasteiger partial charge in [-0.2, -0.15) is 0 Å². The molecule has 0 bridgehead atoms. The van der Waals surface area contributed by atoms with Gasteiger partial charge in [0, 0.05) is 42.1 Å². The van der Waals surface area contributed by atoms with Crippen LogP contribution in [0.1, 0.15) is 17.3 Å². The second kappa shape index (κ2) is 7.01. The Morgan fingerprint density at radius 1 is 1.53 bits per heavy atom. The van der Waals surface area contributed by atoms with Crippen molar-refractivity contribution in [3.8, 4) is 0 Å². The van der Waals surface area contributed by atoms with Crippen LogP contribution in [0.4, 0.5) is 5.82 Å². The van der Waals surface area contributed by atoms with Gasteiger partial charge in [-0.05, 0) is 12.1 Å². The Morgan fingerprint density at radius 3 is 2.94 bits per heavy atom. The van der Waals surface area contributed by atoms with Gasteiger partial charge < -0.3 is 10.6 Å². The quantitative estimate of drug-likeness (QED) is 0.782. The molecule has 1 heterocycles. The van der Waals surface area contributed by atoms with Gasteiger partial charge in [-0.15, -0.1) is 0 Å². The first-order valence-corrected chi connectivity index (χ1v) is 6.93. The van der Waals surface area contributed by atoms with Crippen LogP contribution in [0.2, 0.25) is 0 Å². The Labute approximate surface area is 103 Å². The highest BCUT2D eigenvalue weighted by Gasteiger charge is 2.10. The Bertz CT molecular complexity index is 409. The molecule has 17 heavy (non-hydrogen) atoms. The van der Waals surface area contributed by atoms with Gasteiger partial charge in [0.1, 0.15) is 5.82 Å². The molecule has 0 fully saturated rings. The lowest BCUT2D eigenvalue weighted by atomic mass is 10.2. The SMILES string of the molecule is CCS(=O)CCNC(=O)c1cccnc1NC. The van der Waals surface area contributed by atoms with Gasteiger partial charge in [-0.1, -0.05) is 6.92 Å². The third-order valence-corrected chi connectivity index (χ3v) is 3.53. The van der Waals surface area contributed by atoms with Crippen LogP contribution >= 0.6 is 0 Å². The first-order valence-electron chi connectivity index (χ1n) is 5.45. The minimum atomic E-state index is -0.853. The summed E-state index contributed by atoms with van der Waals surface area (Å²) >= 11 is 0. The van der Waals surface area contributed by atoms with Crippen molar-refractivity contribution in [1.29, 1.82) is 0 Å². The van der Waals surface area contributed by atoms with E-state index in [0.29, 0.717) is 29.4 Å². The first-order chi connectivity index (χ1) is 8.19. The average molecular weight is 255 g/mol. The number of hydrogen-bond acceptors (Lipinski definition) is 4. The fourth-order valence-corrected chi connectivity index (χ4v) is 1.92. The van der Waals surface area contributed by atoms with Crippen LogP contribution in [0.3, 0.4) is 0 Å². The van der Waals surface area contributed by atoms with Crippen molar-refractivity contribution in [3.05, 3.63) is 23.9 Å². The Hall–Kier alpha value is -1.43. The maximum absolute atomic E-state index is 11.8. The lowest BCUT2D eigenvalue weighted by Gasteiger charge is -2.08. The normalized spacial score (nSPS) is 11.9. The van der Waals surface area contributed by atoms with Gasteiger partial charge >= 0.3 is 0 Å². The summed E-state index contributed by atoms with van der Waals surface area (Å²) in [6, 6.07) is 3.41. The van der Waals surface area contributed by atoms with Crippen molar-refractivity contribution in [2.24, 2.45) is 0 Å². The highest BCUT2D eigenvalue weighted by molar-refractivity contribution is 7.84. The van der Waals surface area contributed by atoms with Crippen molar-refractivity contribution in [2.75, 3.05) is 30.4 Å². The number of rotatable bonds is 6. The summed E-state index contributed by atoms with van der Waals surface area (Å²) in [5, 5.41) is 5.58. The van der Waals surface area contributed by atoms with Crippen molar-refractivity contribution in [1.82, 2.24) is 10.3 Å². The van der Waals surface area contributed by atoms with Crippen LogP contribution < -0.4 is 10.6 Å². The lowest BCUT2D eigenvalue weighted by Crippen LogP contribution is -2.28. The monoisotopic (exact) mass is 255 g/mol. The molecule has 0 radical (unpaired) electrons. The van der Waals surface area contributed by atoms with Crippen molar-refractivity contribution in [2.45, 2.75) is 6.92 Å². The minimum Gasteiger partial charge on any atom is -0.372 e. The zero-order valence-corrected chi connectivity index (χ0v) is 10.8. The molecule has 1 atom stereocenters.